The van der Waals surface area contributed by atoms with Gasteiger partial charge in [0.15, 0.2) is 11.5 Å². The zero-order valence-electron chi connectivity index (χ0n) is 15.5. The molecule has 4 aromatic rings. The smallest absolute Gasteiger partial charge is 0.165 e. The van der Waals surface area contributed by atoms with Crippen molar-refractivity contribution in [1.29, 1.82) is 0 Å². The summed E-state index contributed by atoms with van der Waals surface area (Å²) in [5, 5.41) is 20.2. The van der Waals surface area contributed by atoms with Crippen LogP contribution in [0.25, 0.3) is 10.8 Å². The first-order chi connectivity index (χ1) is 13.7. The van der Waals surface area contributed by atoms with E-state index in [4.69, 9.17) is 5.11 Å². The van der Waals surface area contributed by atoms with Gasteiger partial charge in [-0.05, 0) is 35.7 Å². The minimum Gasteiger partial charge on any atom is -0.504 e. The molecule has 0 saturated carbocycles. The van der Waals surface area contributed by atoms with Crippen molar-refractivity contribution < 1.29 is 26.7 Å². The van der Waals surface area contributed by atoms with Crippen LogP contribution >= 0.6 is 0 Å². The van der Waals surface area contributed by atoms with Crippen LogP contribution in [0.2, 0.25) is 0 Å². The molecule has 0 spiro atoms. The first kappa shape index (κ1) is 21.9. The molecule has 0 amide bonds. The van der Waals surface area contributed by atoms with Crippen molar-refractivity contribution in [1.82, 2.24) is 0 Å². The molecule has 0 radical (unpaired) electrons. The van der Waals surface area contributed by atoms with E-state index in [1.54, 1.807) is 24.6 Å². The van der Waals surface area contributed by atoms with Crippen LogP contribution in [0, 0.1) is 0 Å². The van der Waals surface area contributed by atoms with Crippen molar-refractivity contribution in [3.05, 3.63) is 97.1 Å². The summed E-state index contributed by atoms with van der Waals surface area (Å²) in [6.45, 7) is 0. The Hall–Kier alpha value is -3.43. The van der Waals surface area contributed by atoms with Gasteiger partial charge in [-0.25, -0.2) is 0 Å². The largest absolute Gasteiger partial charge is 0.504 e. The number of hydrogen-bond acceptors (Lipinski definition) is 4. The van der Waals surface area contributed by atoms with Gasteiger partial charge in [0.05, 0.1) is 11.4 Å². The second-order valence-electron chi connectivity index (χ2n) is 5.88. The third-order valence-electron chi connectivity index (χ3n) is 3.91. The zero-order valence-corrected chi connectivity index (χ0v) is 16.5. The average molecular weight is 427 g/mol. The summed E-state index contributed by atoms with van der Waals surface area (Å²) >= 11 is 0. The quantitative estimate of drug-likeness (QED) is 0.238. The number of aromatic hydroxyl groups is 2. The summed E-state index contributed by atoms with van der Waals surface area (Å²) in [6.07, 6.45) is 3.39. The first-order valence-corrected chi connectivity index (χ1v) is 8.80. The van der Waals surface area contributed by atoms with Crippen LogP contribution in [0.15, 0.2) is 107 Å². The normalized spacial score (nSPS) is 10.5. The summed E-state index contributed by atoms with van der Waals surface area (Å²) < 4.78 is 0. The number of rotatable bonds is 3. The van der Waals surface area contributed by atoms with Crippen LogP contribution in [-0.4, -0.2) is 22.6 Å². The van der Waals surface area contributed by atoms with Gasteiger partial charge in [0.25, 0.3) is 0 Å². The van der Waals surface area contributed by atoms with Crippen molar-refractivity contribution in [2.75, 3.05) is 0 Å². The van der Waals surface area contributed by atoms with Crippen LogP contribution in [0.5, 0.6) is 11.5 Å². The molecule has 0 heterocycles. The van der Waals surface area contributed by atoms with Crippen molar-refractivity contribution in [2.24, 2.45) is 9.98 Å². The van der Waals surface area contributed by atoms with Crippen molar-refractivity contribution in [2.45, 2.75) is 0 Å². The van der Waals surface area contributed by atoms with Gasteiger partial charge in [-0.2, -0.15) is 0 Å². The zero-order chi connectivity index (χ0) is 19.6. The van der Waals surface area contributed by atoms with Gasteiger partial charge in [-0.15, -0.1) is 0 Å². The SMILES string of the molecule is C(C=Nc1ccccc1)=Nc1ccccc1.Oc1ccc2ccccc2c1O.[Ni]. The Kier molecular flexibility index (Phi) is 8.62. The topological polar surface area (TPSA) is 65.2 Å². The van der Waals surface area contributed by atoms with Crippen molar-refractivity contribution in [3.63, 3.8) is 0 Å². The van der Waals surface area contributed by atoms with E-state index in [0.717, 1.165) is 16.8 Å². The van der Waals surface area contributed by atoms with Gasteiger partial charge >= 0.3 is 0 Å². The van der Waals surface area contributed by atoms with Crippen molar-refractivity contribution in [3.8, 4) is 11.5 Å². The predicted molar refractivity (Wildman–Crippen MR) is 116 cm³/mol. The second kappa shape index (κ2) is 11.4. The monoisotopic (exact) mass is 426 g/mol. The first-order valence-electron chi connectivity index (χ1n) is 8.80. The maximum Gasteiger partial charge on any atom is 0.165 e. The third-order valence-corrected chi connectivity index (χ3v) is 3.91. The van der Waals surface area contributed by atoms with Crippen LogP contribution in [0.1, 0.15) is 0 Å². The van der Waals surface area contributed by atoms with E-state index < -0.39 is 0 Å². The maximum atomic E-state index is 9.41. The molecule has 29 heavy (non-hydrogen) atoms. The summed E-state index contributed by atoms with van der Waals surface area (Å²) in [4.78, 5) is 8.49. The molecule has 148 valence electrons. The molecule has 0 aliphatic carbocycles. The number of nitrogens with zero attached hydrogens (tertiary/aromatic N) is 2. The third kappa shape index (κ3) is 6.60. The number of hydrogen-bond donors (Lipinski definition) is 2. The molecular weight excluding hydrogens is 407 g/mol. The molecule has 0 bridgehead atoms. The molecule has 4 aromatic carbocycles. The summed E-state index contributed by atoms with van der Waals surface area (Å²) in [5.41, 5.74) is 1.86. The fourth-order valence-electron chi connectivity index (χ4n) is 2.51. The van der Waals surface area contributed by atoms with E-state index in [0.29, 0.717) is 5.39 Å². The fourth-order valence-corrected chi connectivity index (χ4v) is 2.51. The Morgan fingerprint density at radius 2 is 1.03 bits per heavy atom. The van der Waals surface area contributed by atoms with Gasteiger partial charge in [0.2, 0.25) is 0 Å². The summed E-state index contributed by atoms with van der Waals surface area (Å²) in [7, 11) is 0. The number of phenols is 2. The summed E-state index contributed by atoms with van der Waals surface area (Å²) in [5.74, 6) is -0.123. The Labute approximate surface area is 179 Å². The Bertz CT molecular complexity index is 1030. The van der Waals surface area contributed by atoms with E-state index in [-0.39, 0.29) is 28.0 Å². The maximum absolute atomic E-state index is 9.41. The fraction of sp³-hybridized carbons (Fsp3) is 0. The number of para-hydroxylation sites is 2. The number of benzene rings is 4. The van der Waals surface area contributed by atoms with E-state index >= 15 is 0 Å². The van der Waals surface area contributed by atoms with Gasteiger partial charge in [0.1, 0.15) is 0 Å². The molecule has 0 saturated heterocycles. The molecule has 0 fully saturated rings. The molecule has 0 aliphatic heterocycles. The van der Waals surface area contributed by atoms with E-state index in [1.165, 1.54) is 6.07 Å². The van der Waals surface area contributed by atoms with Gasteiger partial charge < -0.3 is 10.2 Å². The van der Waals surface area contributed by atoms with Gasteiger partial charge in [0, 0.05) is 34.3 Å². The molecule has 5 heteroatoms. The number of phenolic OH excluding ortho intramolecular Hbond substituents is 2. The van der Waals surface area contributed by atoms with E-state index in [2.05, 4.69) is 9.98 Å². The molecule has 0 aromatic heterocycles. The minimum absolute atomic E-state index is 0. The molecule has 0 atom stereocenters. The molecule has 0 unspecified atom stereocenters. The van der Waals surface area contributed by atoms with E-state index in [1.807, 2.05) is 78.9 Å². The van der Waals surface area contributed by atoms with Crippen LogP contribution in [0.3, 0.4) is 0 Å². The second-order valence-corrected chi connectivity index (χ2v) is 5.88. The van der Waals surface area contributed by atoms with Gasteiger partial charge in [-0.1, -0.05) is 66.7 Å². The Balaban J connectivity index is 0.000000207. The molecule has 2 N–H and O–H groups in total. The van der Waals surface area contributed by atoms with Gasteiger partial charge in [-0.3, -0.25) is 9.98 Å². The Morgan fingerprint density at radius 1 is 0.552 bits per heavy atom. The standard InChI is InChI=1S/C14H12N2.C10H8O2.Ni/c1-3-7-13(8-4-1)15-11-12-16-14-9-5-2-6-10-14;11-9-6-5-7-3-1-2-4-8(7)10(9)12;/h1-12H;1-6,11-12H;. The summed E-state index contributed by atoms with van der Waals surface area (Å²) in [6, 6.07) is 30.2. The average Bonchev–Trinajstić information content (AvgIpc) is 2.76. The van der Waals surface area contributed by atoms with Crippen LogP contribution in [0.4, 0.5) is 11.4 Å². The molecule has 0 aliphatic rings. The Morgan fingerprint density at radius 3 is 1.59 bits per heavy atom. The van der Waals surface area contributed by atoms with Crippen LogP contribution in [-0.2, 0) is 16.5 Å². The number of fused-ring (bicyclic) bond motifs is 1. The molecule has 4 rings (SSSR count). The minimum atomic E-state index is -0.0753. The van der Waals surface area contributed by atoms with Crippen LogP contribution < -0.4 is 0 Å². The molecule has 4 nitrogen and oxygen atoms in total. The van der Waals surface area contributed by atoms with E-state index in [9.17, 15) is 5.11 Å². The van der Waals surface area contributed by atoms with Crippen molar-refractivity contribution >= 4 is 34.6 Å². The number of aliphatic imine (C=N–C) groups is 2. The predicted octanol–water partition coefficient (Wildman–Crippen LogP) is 6.04. The molecular formula is C24H20N2NiO2.